The van der Waals surface area contributed by atoms with Crippen molar-refractivity contribution in [1.29, 1.82) is 0 Å². The first kappa shape index (κ1) is 13.3. The zero-order chi connectivity index (χ0) is 13.8. The summed E-state index contributed by atoms with van der Waals surface area (Å²) in [5, 5.41) is 3.03. The fourth-order valence-electron chi connectivity index (χ4n) is 1.68. The number of anilines is 1. The molecule has 0 aliphatic carbocycles. The normalized spacial score (nSPS) is 10.7. The van der Waals surface area contributed by atoms with Crippen LogP contribution in [-0.2, 0) is 6.54 Å². The van der Waals surface area contributed by atoms with Gasteiger partial charge in [0.05, 0.1) is 0 Å². The monoisotopic (exact) mass is 261 g/mol. The van der Waals surface area contributed by atoms with Crippen molar-refractivity contribution < 1.29 is 4.39 Å². The number of hydrogen-bond acceptors (Lipinski definition) is 3. The molecule has 0 atom stereocenters. The molecule has 2 N–H and O–H groups in total. The molecule has 19 heavy (non-hydrogen) atoms. The zero-order valence-corrected chi connectivity index (χ0v) is 10.9. The molecule has 1 aromatic heterocycles. The van der Waals surface area contributed by atoms with Crippen molar-refractivity contribution in [2.24, 2.45) is 0 Å². The van der Waals surface area contributed by atoms with Gasteiger partial charge in [-0.05, 0) is 17.7 Å². The second kappa shape index (κ2) is 5.65. The van der Waals surface area contributed by atoms with Crippen LogP contribution in [0.4, 0.5) is 10.2 Å². The highest BCUT2D eigenvalue weighted by atomic mass is 19.1. The quantitative estimate of drug-likeness (QED) is 0.889. The van der Waals surface area contributed by atoms with Crippen LogP contribution in [0, 0.1) is 5.82 Å². The number of rotatable bonds is 4. The van der Waals surface area contributed by atoms with Gasteiger partial charge >= 0.3 is 0 Å². The molecular formula is C14H16FN3O. The Balaban J connectivity index is 2.13. The van der Waals surface area contributed by atoms with Crippen LogP contribution in [0.15, 0.2) is 35.1 Å². The molecule has 0 saturated carbocycles. The number of hydrogen-bond donors (Lipinski definition) is 2. The van der Waals surface area contributed by atoms with Crippen LogP contribution in [0.2, 0.25) is 0 Å². The molecule has 0 unspecified atom stereocenters. The van der Waals surface area contributed by atoms with Gasteiger partial charge < -0.3 is 10.3 Å². The summed E-state index contributed by atoms with van der Waals surface area (Å²) >= 11 is 0. The smallest absolute Gasteiger partial charge is 0.252 e. The van der Waals surface area contributed by atoms with E-state index in [-0.39, 0.29) is 17.3 Å². The van der Waals surface area contributed by atoms with Crippen LogP contribution < -0.4 is 10.9 Å². The standard InChI is InChI=1S/C14H16FN3O/c1-9(2)14-17-12(7-13(19)18-14)16-8-10-4-3-5-11(15)6-10/h3-7,9H,8H2,1-2H3,(H2,16,17,18,19). The molecular weight excluding hydrogens is 245 g/mol. The van der Waals surface area contributed by atoms with E-state index >= 15 is 0 Å². The Labute approximate surface area is 110 Å². The molecule has 100 valence electrons. The van der Waals surface area contributed by atoms with Gasteiger partial charge in [0.1, 0.15) is 17.5 Å². The van der Waals surface area contributed by atoms with Crippen molar-refractivity contribution in [1.82, 2.24) is 9.97 Å². The van der Waals surface area contributed by atoms with Gasteiger partial charge in [0, 0.05) is 18.5 Å². The molecule has 0 saturated heterocycles. The lowest BCUT2D eigenvalue weighted by Gasteiger charge is -2.09. The maximum atomic E-state index is 13.0. The summed E-state index contributed by atoms with van der Waals surface area (Å²) in [6.45, 7) is 4.33. The minimum atomic E-state index is -0.277. The van der Waals surface area contributed by atoms with Crippen LogP contribution in [0.5, 0.6) is 0 Å². The fourth-order valence-corrected chi connectivity index (χ4v) is 1.68. The van der Waals surface area contributed by atoms with Crippen molar-refractivity contribution in [2.45, 2.75) is 26.3 Å². The maximum absolute atomic E-state index is 13.0. The third-order valence-corrected chi connectivity index (χ3v) is 2.67. The second-order valence-electron chi connectivity index (χ2n) is 4.65. The van der Waals surface area contributed by atoms with Gasteiger partial charge in [-0.2, -0.15) is 0 Å². The first-order chi connectivity index (χ1) is 9.04. The van der Waals surface area contributed by atoms with E-state index in [9.17, 15) is 9.18 Å². The third kappa shape index (κ3) is 3.64. The molecule has 0 bridgehead atoms. The summed E-state index contributed by atoms with van der Waals surface area (Å²) in [7, 11) is 0. The topological polar surface area (TPSA) is 57.8 Å². The molecule has 0 amide bonds. The highest BCUT2D eigenvalue weighted by Gasteiger charge is 2.05. The summed E-state index contributed by atoms with van der Waals surface area (Å²) in [5.74, 6) is 0.996. The minimum absolute atomic E-state index is 0.142. The van der Waals surface area contributed by atoms with Gasteiger partial charge in [0.2, 0.25) is 0 Å². The Kier molecular flexibility index (Phi) is 3.94. The molecule has 4 nitrogen and oxygen atoms in total. The lowest BCUT2D eigenvalue weighted by Crippen LogP contribution is -2.14. The van der Waals surface area contributed by atoms with E-state index in [4.69, 9.17) is 0 Å². The average Bonchev–Trinajstić information content (AvgIpc) is 2.36. The molecule has 0 aliphatic rings. The van der Waals surface area contributed by atoms with Crippen LogP contribution in [0.3, 0.4) is 0 Å². The molecule has 0 fully saturated rings. The number of nitrogens with one attached hydrogen (secondary N) is 2. The van der Waals surface area contributed by atoms with Crippen molar-refractivity contribution in [2.75, 3.05) is 5.32 Å². The highest BCUT2D eigenvalue weighted by Crippen LogP contribution is 2.10. The first-order valence-electron chi connectivity index (χ1n) is 6.14. The van der Waals surface area contributed by atoms with Crippen LogP contribution in [0.1, 0.15) is 31.2 Å². The van der Waals surface area contributed by atoms with Crippen molar-refractivity contribution in [3.63, 3.8) is 0 Å². The van der Waals surface area contributed by atoms with Gasteiger partial charge in [-0.15, -0.1) is 0 Å². The largest absolute Gasteiger partial charge is 0.366 e. The average molecular weight is 261 g/mol. The molecule has 2 rings (SSSR count). The van der Waals surface area contributed by atoms with E-state index in [1.54, 1.807) is 6.07 Å². The van der Waals surface area contributed by atoms with E-state index in [0.29, 0.717) is 18.2 Å². The minimum Gasteiger partial charge on any atom is -0.366 e. The SMILES string of the molecule is CC(C)c1nc(NCc2cccc(F)c2)cc(=O)[nH]1. The maximum Gasteiger partial charge on any atom is 0.252 e. The number of aromatic amines is 1. The predicted molar refractivity (Wildman–Crippen MR) is 72.7 cm³/mol. The number of halogens is 1. The Morgan fingerprint density at radius 3 is 2.84 bits per heavy atom. The fraction of sp³-hybridized carbons (Fsp3) is 0.286. The predicted octanol–water partition coefficient (Wildman–Crippen LogP) is 2.64. The van der Waals surface area contributed by atoms with Gasteiger partial charge in [0.25, 0.3) is 5.56 Å². The molecule has 0 spiro atoms. The van der Waals surface area contributed by atoms with Crippen LogP contribution >= 0.6 is 0 Å². The molecule has 0 radical (unpaired) electrons. The Hall–Kier alpha value is -2.17. The highest BCUT2D eigenvalue weighted by molar-refractivity contribution is 5.35. The number of H-pyrrole nitrogens is 1. The van der Waals surface area contributed by atoms with E-state index < -0.39 is 0 Å². The van der Waals surface area contributed by atoms with E-state index in [2.05, 4.69) is 15.3 Å². The summed E-state index contributed by atoms with van der Waals surface area (Å²) in [5.41, 5.74) is 0.605. The summed E-state index contributed by atoms with van der Waals surface area (Å²) in [6.07, 6.45) is 0. The zero-order valence-electron chi connectivity index (χ0n) is 10.9. The Bertz CT molecular complexity index is 622. The van der Waals surface area contributed by atoms with Crippen molar-refractivity contribution in [3.8, 4) is 0 Å². The molecule has 0 aliphatic heterocycles. The Morgan fingerprint density at radius 1 is 1.37 bits per heavy atom. The first-order valence-corrected chi connectivity index (χ1v) is 6.14. The summed E-state index contributed by atoms with van der Waals surface area (Å²) in [6, 6.07) is 7.70. The molecule has 5 heteroatoms. The van der Waals surface area contributed by atoms with Crippen molar-refractivity contribution >= 4 is 5.82 Å². The number of nitrogens with zero attached hydrogens (tertiary/aromatic N) is 1. The van der Waals surface area contributed by atoms with Crippen molar-refractivity contribution in [3.05, 3.63) is 57.9 Å². The van der Waals surface area contributed by atoms with Crippen LogP contribution in [0.25, 0.3) is 0 Å². The molecule has 1 aromatic carbocycles. The number of benzene rings is 1. The number of aromatic nitrogens is 2. The lowest BCUT2D eigenvalue weighted by atomic mass is 10.2. The van der Waals surface area contributed by atoms with Gasteiger partial charge in [-0.25, -0.2) is 9.37 Å². The molecule has 2 aromatic rings. The van der Waals surface area contributed by atoms with Crippen LogP contribution in [-0.4, -0.2) is 9.97 Å². The van der Waals surface area contributed by atoms with E-state index in [1.807, 2.05) is 19.9 Å². The van der Waals surface area contributed by atoms with Gasteiger partial charge in [-0.1, -0.05) is 26.0 Å². The molecule has 1 heterocycles. The third-order valence-electron chi connectivity index (χ3n) is 2.67. The van der Waals surface area contributed by atoms with E-state index in [0.717, 1.165) is 5.56 Å². The van der Waals surface area contributed by atoms with Gasteiger partial charge in [-0.3, -0.25) is 4.79 Å². The summed E-state index contributed by atoms with van der Waals surface area (Å²) < 4.78 is 13.0. The van der Waals surface area contributed by atoms with E-state index in [1.165, 1.54) is 18.2 Å². The Morgan fingerprint density at radius 2 is 2.16 bits per heavy atom. The second-order valence-corrected chi connectivity index (χ2v) is 4.65. The lowest BCUT2D eigenvalue weighted by molar-refractivity contribution is 0.626. The summed E-state index contributed by atoms with van der Waals surface area (Å²) in [4.78, 5) is 18.5. The van der Waals surface area contributed by atoms with Gasteiger partial charge in [0.15, 0.2) is 0 Å².